The number of rotatable bonds is 8. The van der Waals surface area contributed by atoms with Gasteiger partial charge in [-0.1, -0.05) is 6.42 Å². The highest BCUT2D eigenvalue weighted by Gasteiger charge is 2.11. The number of carboxylic acids is 1. The van der Waals surface area contributed by atoms with Crippen LogP contribution in [0.3, 0.4) is 0 Å². The van der Waals surface area contributed by atoms with E-state index in [-0.39, 0.29) is 5.78 Å². The number of carbonyl (C=O) groups excluding carboxylic acids is 1. The van der Waals surface area contributed by atoms with Crippen molar-refractivity contribution in [2.45, 2.75) is 31.7 Å². The zero-order chi connectivity index (χ0) is 15.1. The van der Waals surface area contributed by atoms with E-state index in [2.05, 4.69) is 0 Å². The van der Waals surface area contributed by atoms with Crippen molar-refractivity contribution in [3.05, 3.63) is 29.8 Å². The standard InChI is InChI=1S/C15H22N2O3/c1-17(2)12-9-7-11(8-10-12)14(18)6-4-3-5-13(16)15(19)20/h7-10,13H,3-6,16H2,1-2H3,(H,19,20). The number of ketones is 1. The van der Waals surface area contributed by atoms with E-state index in [9.17, 15) is 9.59 Å². The molecule has 0 aliphatic rings. The van der Waals surface area contributed by atoms with E-state index in [0.717, 1.165) is 5.69 Å². The molecular weight excluding hydrogens is 256 g/mol. The maximum atomic E-state index is 11.9. The molecule has 20 heavy (non-hydrogen) atoms. The summed E-state index contributed by atoms with van der Waals surface area (Å²) in [6.45, 7) is 0. The molecule has 0 heterocycles. The van der Waals surface area contributed by atoms with Crippen LogP contribution in [0.5, 0.6) is 0 Å². The second-order valence-corrected chi connectivity index (χ2v) is 5.05. The van der Waals surface area contributed by atoms with Crippen molar-refractivity contribution < 1.29 is 14.7 Å². The van der Waals surface area contributed by atoms with Gasteiger partial charge in [0.2, 0.25) is 0 Å². The molecule has 1 rings (SSSR count). The molecule has 3 N–H and O–H groups in total. The molecule has 1 aromatic carbocycles. The lowest BCUT2D eigenvalue weighted by atomic mass is 10.0. The van der Waals surface area contributed by atoms with Crippen LogP contribution < -0.4 is 10.6 Å². The van der Waals surface area contributed by atoms with Gasteiger partial charge in [0.25, 0.3) is 0 Å². The summed E-state index contributed by atoms with van der Waals surface area (Å²) in [7, 11) is 3.89. The molecule has 0 fully saturated rings. The number of carboxylic acid groups (broad SMARTS) is 1. The molecule has 0 aliphatic heterocycles. The monoisotopic (exact) mass is 278 g/mol. The number of nitrogens with two attached hydrogens (primary N) is 1. The van der Waals surface area contributed by atoms with Crippen LogP contribution in [0.25, 0.3) is 0 Å². The summed E-state index contributed by atoms with van der Waals surface area (Å²) >= 11 is 0. The van der Waals surface area contributed by atoms with E-state index in [1.54, 1.807) is 0 Å². The molecule has 5 heteroatoms. The molecule has 5 nitrogen and oxygen atoms in total. The lowest BCUT2D eigenvalue weighted by Crippen LogP contribution is -2.29. The second-order valence-electron chi connectivity index (χ2n) is 5.05. The lowest BCUT2D eigenvalue weighted by Gasteiger charge is -2.12. The van der Waals surface area contributed by atoms with Crippen LogP contribution in [0.1, 0.15) is 36.0 Å². The van der Waals surface area contributed by atoms with Gasteiger partial charge in [0.05, 0.1) is 0 Å². The van der Waals surface area contributed by atoms with Gasteiger partial charge in [-0.3, -0.25) is 9.59 Å². The minimum Gasteiger partial charge on any atom is -0.480 e. The third kappa shape index (κ3) is 5.01. The summed E-state index contributed by atoms with van der Waals surface area (Å²) < 4.78 is 0. The molecule has 0 amide bonds. The normalized spacial score (nSPS) is 11.9. The first-order valence-electron chi connectivity index (χ1n) is 6.71. The predicted octanol–water partition coefficient (Wildman–Crippen LogP) is 1.91. The first-order chi connectivity index (χ1) is 9.41. The van der Waals surface area contributed by atoms with Gasteiger partial charge in [0.1, 0.15) is 6.04 Å². The van der Waals surface area contributed by atoms with Crippen LogP contribution in [0, 0.1) is 0 Å². The van der Waals surface area contributed by atoms with Gasteiger partial charge in [-0.2, -0.15) is 0 Å². The van der Waals surface area contributed by atoms with Crippen LogP contribution in [0.15, 0.2) is 24.3 Å². The highest BCUT2D eigenvalue weighted by molar-refractivity contribution is 5.96. The highest BCUT2D eigenvalue weighted by Crippen LogP contribution is 2.15. The lowest BCUT2D eigenvalue weighted by molar-refractivity contribution is -0.138. The van der Waals surface area contributed by atoms with Crippen LogP contribution in [0.4, 0.5) is 5.69 Å². The molecule has 110 valence electrons. The third-order valence-electron chi connectivity index (χ3n) is 3.19. The summed E-state index contributed by atoms with van der Waals surface area (Å²) in [5, 5.41) is 8.64. The minimum atomic E-state index is -0.990. The van der Waals surface area contributed by atoms with Crippen LogP contribution >= 0.6 is 0 Å². The Kier molecular flexibility index (Phi) is 6.18. The number of carbonyl (C=O) groups is 2. The average Bonchev–Trinajstić information content (AvgIpc) is 2.43. The Labute approximate surface area is 119 Å². The molecule has 0 radical (unpaired) electrons. The van der Waals surface area contributed by atoms with Gasteiger partial charge in [-0.05, 0) is 37.1 Å². The predicted molar refractivity (Wildman–Crippen MR) is 79.2 cm³/mol. The molecule has 1 atom stereocenters. The maximum absolute atomic E-state index is 11.9. The topological polar surface area (TPSA) is 83.6 Å². The Morgan fingerprint density at radius 3 is 2.30 bits per heavy atom. The zero-order valence-electron chi connectivity index (χ0n) is 12.0. The number of hydrogen-bond acceptors (Lipinski definition) is 4. The number of hydrogen-bond donors (Lipinski definition) is 2. The summed E-state index contributed by atoms with van der Waals surface area (Å²) in [5.74, 6) is -0.908. The van der Waals surface area contributed by atoms with E-state index in [1.807, 2.05) is 43.3 Å². The van der Waals surface area contributed by atoms with E-state index in [4.69, 9.17) is 10.8 Å². The van der Waals surface area contributed by atoms with Crippen LogP contribution in [0.2, 0.25) is 0 Å². The Bertz CT molecular complexity index is 455. The van der Waals surface area contributed by atoms with Crippen molar-refractivity contribution in [1.82, 2.24) is 0 Å². The summed E-state index contributed by atoms with van der Waals surface area (Å²) in [6.07, 6.45) is 2.14. The van der Waals surface area contributed by atoms with Crippen molar-refractivity contribution in [2.24, 2.45) is 5.73 Å². The van der Waals surface area contributed by atoms with E-state index in [0.29, 0.717) is 31.2 Å². The molecule has 0 aromatic heterocycles. The fraction of sp³-hybridized carbons (Fsp3) is 0.467. The SMILES string of the molecule is CN(C)c1ccc(C(=O)CCCCC(N)C(=O)O)cc1. The highest BCUT2D eigenvalue weighted by atomic mass is 16.4. The van der Waals surface area contributed by atoms with Crippen LogP contribution in [-0.2, 0) is 4.79 Å². The van der Waals surface area contributed by atoms with Gasteiger partial charge in [-0.15, -0.1) is 0 Å². The van der Waals surface area contributed by atoms with E-state index >= 15 is 0 Å². The third-order valence-corrected chi connectivity index (χ3v) is 3.19. The van der Waals surface area contributed by atoms with Crippen molar-refractivity contribution in [2.75, 3.05) is 19.0 Å². The van der Waals surface area contributed by atoms with Gasteiger partial charge >= 0.3 is 5.97 Å². The number of Topliss-reactive ketones (excluding diaryl/α,β-unsaturated/α-hetero) is 1. The maximum Gasteiger partial charge on any atom is 0.320 e. The van der Waals surface area contributed by atoms with E-state index in [1.165, 1.54) is 0 Å². The van der Waals surface area contributed by atoms with Crippen molar-refractivity contribution in [1.29, 1.82) is 0 Å². The quantitative estimate of drug-likeness (QED) is 0.560. The van der Waals surface area contributed by atoms with Crippen molar-refractivity contribution in [3.8, 4) is 0 Å². The van der Waals surface area contributed by atoms with Crippen LogP contribution in [-0.4, -0.2) is 37.0 Å². The molecule has 0 aliphatic carbocycles. The molecule has 0 saturated carbocycles. The number of unbranched alkanes of at least 4 members (excludes halogenated alkanes) is 1. The smallest absolute Gasteiger partial charge is 0.320 e. The largest absolute Gasteiger partial charge is 0.480 e. The van der Waals surface area contributed by atoms with Gasteiger partial charge in [-0.25, -0.2) is 0 Å². The number of aliphatic carboxylic acids is 1. The molecule has 0 saturated heterocycles. The van der Waals surface area contributed by atoms with Gasteiger partial charge < -0.3 is 15.7 Å². The molecular formula is C15H22N2O3. The molecule has 0 spiro atoms. The van der Waals surface area contributed by atoms with Gasteiger partial charge in [0.15, 0.2) is 5.78 Å². The average molecular weight is 278 g/mol. The first-order valence-corrected chi connectivity index (χ1v) is 6.71. The second kappa shape index (κ2) is 7.65. The Morgan fingerprint density at radius 1 is 1.20 bits per heavy atom. The van der Waals surface area contributed by atoms with Gasteiger partial charge in [0, 0.05) is 31.8 Å². The molecule has 1 aromatic rings. The zero-order valence-corrected chi connectivity index (χ0v) is 12.0. The summed E-state index contributed by atoms with van der Waals surface area (Å²) in [6, 6.07) is 6.63. The first kappa shape index (κ1) is 16.2. The fourth-order valence-electron chi connectivity index (χ4n) is 1.86. The minimum absolute atomic E-state index is 0.0826. The van der Waals surface area contributed by atoms with Crippen molar-refractivity contribution >= 4 is 17.4 Å². The Balaban J connectivity index is 2.37. The number of benzene rings is 1. The number of nitrogens with zero attached hydrogens (tertiary/aromatic N) is 1. The Morgan fingerprint density at radius 2 is 1.80 bits per heavy atom. The number of anilines is 1. The summed E-state index contributed by atoms with van der Waals surface area (Å²) in [5.41, 5.74) is 7.14. The molecule has 0 bridgehead atoms. The molecule has 1 unspecified atom stereocenters. The Hall–Kier alpha value is -1.88. The van der Waals surface area contributed by atoms with E-state index < -0.39 is 12.0 Å². The summed E-state index contributed by atoms with van der Waals surface area (Å²) in [4.78, 5) is 24.5. The van der Waals surface area contributed by atoms with Crippen molar-refractivity contribution in [3.63, 3.8) is 0 Å². The fourth-order valence-corrected chi connectivity index (χ4v) is 1.86.